The number of carbonyl (C=O) groups is 4. The Balaban J connectivity index is 0.852. The van der Waals surface area contributed by atoms with E-state index in [-0.39, 0.29) is 75.0 Å². The molecule has 3 heterocycles. The highest BCUT2D eigenvalue weighted by molar-refractivity contribution is 7.13. The molecule has 4 N–H and O–H groups in total. The number of rotatable bonds is 17. The summed E-state index contributed by atoms with van der Waals surface area (Å²) >= 11 is 8.05. The maximum Gasteiger partial charge on any atom is 0.258 e. The van der Waals surface area contributed by atoms with Gasteiger partial charge in [-0.15, -0.1) is 11.3 Å². The lowest BCUT2D eigenvalue weighted by atomic mass is 9.73. The van der Waals surface area contributed by atoms with Gasteiger partial charge in [0.05, 0.1) is 45.9 Å². The number of nitrogens with one attached hydrogen (secondary N) is 3. The number of alkyl halides is 1. The second-order valence-corrected chi connectivity index (χ2v) is 21.3. The van der Waals surface area contributed by atoms with E-state index >= 15 is 0 Å². The molecule has 0 spiro atoms. The number of anilines is 1. The van der Waals surface area contributed by atoms with Gasteiger partial charge in [-0.05, 0) is 116 Å². The van der Waals surface area contributed by atoms with Gasteiger partial charge in [0.1, 0.15) is 29.4 Å². The molecule has 0 radical (unpaired) electrons. The van der Waals surface area contributed by atoms with Gasteiger partial charge in [-0.3, -0.25) is 24.2 Å². The Morgan fingerprint density at radius 2 is 1.71 bits per heavy atom. The SMILES string of the molecule is Cc1ncsc1-c1ccc(CNC(=O)[C@@H]2C[C@@H](O)CN2C(=O)[C@@H](NC(=O)C2(F)CC2)C(C)(C)C)c(OCCCOc2cc(NC(=O)[C@H](C)C3CCC(c4ccnc5ccc(F)cc45)CC3)ccc2Cl)c1. The van der Waals surface area contributed by atoms with Gasteiger partial charge in [0.25, 0.3) is 5.91 Å². The first kappa shape index (κ1) is 50.7. The molecule has 5 aromatic rings. The number of aliphatic hydroxyl groups excluding tert-OH is 1. The first-order valence-electron chi connectivity index (χ1n) is 24.1. The fourth-order valence-corrected chi connectivity index (χ4v) is 10.6. The summed E-state index contributed by atoms with van der Waals surface area (Å²) in [6.07, 6.45) is 5.01. The standard InChI is InChI=1S/C53H61ClF2N6O7S/c1-30(32-7-9-33(10-8-32)39-17-20-57-42-16-13-36(55)24-40(39)42)48(64)60-37-14-15-41(54)45(25-37)69-22-6-21-68-44-23-34(46-31(2)59-29-70-46)11-12-35(44)27-58-49(65)43-26-38(63)28-62(43)50(66)47(52(3,4)5)61-51(67)53(56)18-19-53/h11-17,20,23-25,29-30,32-33,38,43,47,63H,6-10,18-19,21-22,26-28H2,1-5H3,(H,58,65)(H,60,64)(H,61,67)/t30-,32?,33?,38-,43+,47-/m1/s1. The summed E-state index contributed by atoms with van der Waals surface area (Å²) in [6, 6.07) is 15.4. The lowest BCUT2D eigenvalue weighted by Crippen LogP contribution is -2.59. The largest absolute Gasteiger partial charge is 0.493 e. The third-order valence-electron chi connectivity index (χ3n) is 13.9. The number of hydrogen-bond acceptors (Lipinski definition) is 10. The van der Waals surface area contributed by atoms with E-state index in [4.69, 9.17) is 21.1 Å². The fourth-order valence-electron chi connectivity index (χ4n) is 9.58. The Bertz CT molecular complexity index is 2740. The summed E-state index contributed by atoms with van der Waals surface area (Å²) in [6.45, 7) is 9.56. The smallest absolute Gasteiger partial charge is 0.258 e. The number of aliphatic hydroxyl groups is 1. The van der Waals surface area contributed by atoms with Crippen LogP contribution < -0.4 is 25.4 Å². The number of ether oxygens (including phenoxy) is 2. The Morgan fingerprint density at radius 3 is 2.41 bits per heavy atom. The van der Waals surface area contributed by atoms with E-state index in [1.165, 1.54) is 22.3 Å². The molecule has 3 fully saturated rings. The van der Waals surface area contributed by atoms with Crippen LogP contribution in [-0.2, 0) is 25.7 Å². The number of amides is 4. The van der Waals surface area contributed by atoms with Crippen molar-refractivity contribution in [1.82, 2.24) is 25.5 Å². The Kier molecular flexibility index (Phi) is 15.4. The average molecular weight is 1000 g/mol. The van der Waals surface area contributed by atoms with E-state index in [0.717, 1.165) is 58.3 Å². The van der Waals surface area contributed by atoms with E-state index in [1.807, 2.05) is 38.1 Å². The van der Waals surface area contributed by atoms with Crippen LogP contribution in [0.2, 0.25) is 5.02 Å². The molecule has 1 saturated heterocycles. The van der Waals surface area contributed by atoms with Gasteiger partial charge in [-0.25, -0.2) is 13.8 Å². The van der Waals surface area contributed by atoms with E-state index < -0.39 is 47.0 Å². The summed E-state index contributed by atoms with van der Waals surface area (Å²) in [5, 5.41) is 20.5. The van der Waals surface area contributed by atoms with Gasteiger partial charge in [-0.2, -0.15) is 0 Å². The van der Waals surface area contributed by atoms with Crippen LogP contribution in [0.5, 0.6) is 11.5 Å². The number of fused-ring (bicyclic) bond motifs is 1. The zero-order valence-corrected chi connectivity index (χ0v) is 41.7. The van der Waals surface area contributed by atoms with Gasteiger partial charge in [0.2, 0.25) is 17.7 Å². The number of nitrogens with zero attached hydrogens (tertiary/aromatic N) is 3. The summed E-state index contributed by atoms with van der Waals surface area (Å²) in [5.74, 6) is -1.09. The van der Waals surface area contributed by atoms with E-state index in [0.29, 0.717) is 34.2 Å². The molecule has 2 saturated carbocycles. The van der Waals surface area contributed by atoms with Gasteiger partial charge >= 0.3 is 0 Å². The number of hydrogen-bond donors (Lipinski definition) is 4. The van der Waals surface area contributed by atoms with Gasteiger partial charge in [0.15, 0.2) is 5.67 Å². The molecule has 17 heteroatoms. The first-order valence-corrected chi connectivity index (χ1v) is 25.3. The van der Waals surface area contributed by atoms with Crippen molar-refractivity contribution in [2.45, 2.75) is 122 Å². The molecule has 8 rings (SSSR count). The zero-order chi connectivity index (χ0) is 49.9. The van der Waals surface area contributed by atoms with Gasteiger partial charge in [0, 0.05) is 60.7 Å². The highest BCUT2D eigenvalue weighted by Gasteiger charge is 2.53. The van der Waals surface area contributed by atoms with Crippen molar-refractivity contribution < 1.29 is 42.5 Å². The minimum atomic E-state index is -1.99. The van der Waals surface area contributed by atoms with E-state index in [9.17, 15) is 33.1 Å². The fraction of sp³-hybridized carbons (Fsp3) is 0.472. The second-order valence-electron chi connectivity index (χ2n) is 20.1. The number of halogens is 3. The molecular formula is C53H61ClF2N6O7S. The zero-order valence-electron chi connectivity index (χ0n) is 40.2. The molecule has 1 aliphatic heterocycles. The lowest BCUT2D eigenvalue weighted by Gasteiger charge is -2.35. The number of carbonyl (C=O) groups excluding carboxylic acids is 4. The molecule has 3 aromatic carbocycles. The molecule has 2 aliphatic carbocycles. The highest BCUT2D eigenvalue weighted by Crippen LogP contribution is 2.42. The number of aromatic nitrogens is 2. The Labute approximate surface area is 416 Å². The number of benzene rings is 3. The average Bonchev–Trinajstić information content (AvgIpc) is 3.74. The number of thiazole rings is 1. The molecule has 13 nitrogen and oxygen atoms in total. The highest BCUT2D eigenvalue weighted by atomic mass is 35.5. The van der Waals surface area contributed by atoms with Crippen molar-refractivity contribution in [3.8, 4) is 21.9 Å². The number of likely N-dealkylation sites (tertiary alicyclic amines) is 1. The molecule has 0 bridgehead atoms. The van der Waals surface area contributed by atoms with Gasteiger partial charge < -0.3 is 35.4 Å². The van der Waals surface area contributed by atoms with Crippen molar-refractivity contribution in [2.75, 3.05) is 25.1 Å². The topological polar surface area (TPSA) is 172 Å². The predicted molar refractivity (Wildman–Crippen MR) is 266 cm³/mol. The maximum atomic E-state index is 14.7. The summed E-state index contributed by atoms with van der Waals surface area (Å²) in [5.41, 5.74) is 3.85. The lowest BCUT2D eigenvalue weighted by molar-refractivity contribution is -0.145. The van der Waals surface area contributed by atoms with Crippen LogP contribution in [0.4, 0.5) is 14.5 Å². The van der Waals surface area contributed by atoms with E-state index in [2.05, 4.69) is 25.9 Å². The van der Waals surface area contributed by atoms with Crippen LogP contribution in [0.3, 0.4) is 0 Å². The van der Waals surface area contributed by atoms with Crippen LogP contribution in [0.1, 0.15) is 102 Å². The quantitative estimate of drug-likeness (QED) is 0.0663. The predicted octanol–water partition coefficient (Wildman–Crippen LogP) is 9.47. The third kappa shape index (κ3) is 11.7. The number of pyridine rings is 1. The second kappa shape index (κ2) is 21.3. The van der Waals surface area contributed by atoms with Crippen molar-refractivity contribution in [1.29, 1.82) is 0 Å². The third-order valence-corrected chi connectivity index (χ3v) is 15.2. The molecule has 2 aromatic heterocycles. The minimum absolute atomic E-state index is 0.000660. The Hall–Kier alpha value is -5.71. The van der Waals surface area contributed by atoms with Crippen LogP contribution in [0, 0.1) is 30.0 Å². The molecule has 4 amide bonds. The van der Waals surface area contributed by atoms with Crippen molar-refractivity contribution in [3.05, 3.63) is 100 Å². The monoisotopic (exact) mass is 998 g/mol. The molecule has 0 unspecified atom stereocenters. The molecule has 372 valence electrons. The summed E-state index contributed by atoms with van der Waals surface area (Å²) in [4.78, 5) is 65.1. The number of β-amino-alcohol motifs (C(OH)–C–C–N with tert-alkyl or cyclic N) is 1. The molecule has 3 aliphatic rings. The normalized spacial score (nSPS) is 20.6. The van der Waals surface area contributed by atoms with E-state index in [1.54, 1.807) is 62.8 Å². The van der Waals surface area contributed by atoms with Crippen LogP contribution in [0.25, 0.3) is 21.3 Å². The molecule has 70 heavy (non-hydrogen) atoms. The summed E-state index contributed by atoms with van der Waals surface area (Å²) in [7, 11) is 0. The van der Waals surface area contributed by atoms with Crippen molar-refractivity contribution >= 4 is 63.2 Å². The molecule has 4 atom stereocenters. The van der Waals surface area contributed by atoms with Crippen LogP contribution in [0.15, 0.2) is 72.4 Å². The maximum absolute atomic E-state index is 14.7. The van der Waals surface area contributed by atoms with Gasteiger partial charge in [-0.1, -0.05) is 51.4 Å². The summed E-state index contributed by atoms with van der Waals surface area (Å²) < 4.78 is 41.2. The van der Waals surface area contributed by atoms with Crippen LogP contribution in [-0.4, -0.2) is 87.2 Å². The Morgan fingerprint density at radius 1 is 0.971 bits per heavy atom. The first-order chi connectivity index (χ1) is 33.4. The van der Waals surface area contributed by atoms with Crippen molar-refractivity contribution in [3.63, 3.8) is 0 Å². The minimum Gasteiger partial charge on any atom is -0.493 e. The van der Waals surface area contributed by atoms with Crippen LogP contribution >= 0.6 is 22.9 Å². The molecular weight excluding hydrogens is 938 g/mol. The van der Waals surface area contributed by atoms with Crippen molar-refractivity contribution in [2.24, 2.45) is 17.3 Å². The number of aryl methyl sites for hydroxylation is 1.